The Kier molecular flexibility index (Phi) is 14.5. The van der Waals surface area contributed by atoms with Gasteiger partial charge in [-0.3, -0.25) is 4.79 Å². The quantitative estimate of drug-likeness (QED) is 0.215. The molecule has 0 aliphatic rings. The molecule has 6 N–H and O–H groups in total. The molecule has 0 aliphatic carbocycles. The summed E-state index contributed by atoms with van der Waals surface area (Å²) < 4.78 is 60.0. The first-order chi connectivity index (χ1) is 16.6. The van der Waals surface area contributed by atoms with Crippen LogP contribution in [0.3, 0.4) is 0 Å². The van der Waals surface area contributed by atoms with E-state index in [0.717, 1.165) is 0 Å². The number of halogens is 4. The Labute approximate surface area is 212 Å². The van der Waals surface area contributed by atoms with Gasteiger partial charge in [-0.2, -0.15) is 0 Å². The third kappa shape index (κ3) is 13.3. The van der Waals surface area contributed by atoms with Gasteiger partial charge in [-0.1, -0.05) is 0 Å². The summed E-state index contributed by atoms with van der Waals surface area (Å²) in [6, 6.07) is -3.93. The number of likely N-dealkylation sites (N-methyl/N-ethyl adjacent to an activating group) is 1. The Morgan fingerprint density at radius 1 is 0.703 bits per heavy atom. The van der Waals surface area contributed by atoms with Crippen LogP contribution in [0, 0.1) is 0 Å². The first-order valence-electron chi connectivity index (χ1n) is 10.8. The van der Waals surface area contributed by atoms with E-state index in [2.05, 4.69) is 5.32 Å². The van der Waals surface area contributed by atoms with Crippen molar-refractivity contribution in [1.82, 2.24) is 16.0 Å². The zero-order chi connectivity index (χ0) is 29.8. The summed E-state index contributed by atoms with van der Waals surface area (Å²) in [6.07, 6.45) is -2.24. The lowest BCUT2D eigenvalue weighted by atomic mass is 9.96. The summed E-state index contributed by atoms with van der Waals surface area (Å²) in [4.78, 5) is 45.1. The summed E-state index contributed by atoms with van der Waals surface area (Å²) in [5.41, 5.74) is -7.20. The number of carbonyl (C=O) groups excluding carboxylic acids is 3. The summed E-state index contributed by atoms with van der Waals surface area (Å²) in [5, 5.41) is 33.6. The van der Waals surface area contributed by atoms with Gasteiger partial charge in [0.15, 0.2) is 17.2 Å². The lowest BCUT2D eigenvalue weighted by molar-refractivity contribution is -0.149. The second kappa shape index (κ2) is 14.8. The fourth-order valence-corrected chi connectivity index (χ4v) is 2.25. The van der Waals surface area contributed by atoms with Gasteiger partial charge >= 0.3 is 18.2 Å². The molecule has 0 radical (unpaired) electrons. The Balaban J connectivity index is 0. The van der Waals surface area contributed by atoms with E-state index in [4.69, 9.17) is 14.6 Å². The second-order valence-electron chi connectivity index (χ2n) is 9.85. The van der Waals surface area contributed by atoms with Crippen LogP contribution in [-0.4, -0.2) is 108 Å². The van der Waals surface area contributed by atoms with Gasteiger partial charge in [-0.15, -0.1) is 0 Å². The predicted octanol–water partition coefficient (Wildman–Crippen LogP) is 0.930. The standard InChI is InChI=1S/C11H20F2N2O4.C10H17F2NO5/c1-10(2,3)19-9(17)15-7(8(16)14-4)11(18,5-12)6-13;1-9(2,3)18-8(16)13-6(7(14)15)10(17,4-11)5-12/h7,18H,5-6H2,1-4H3,(H,14,16)(H,15,17);6,17H,4-5H2,1-3H3,(H,13,16)(H,14,15)/t7-;6-/m11/s1. The summed E-state index contributed by atoms with van der Waals surface area (Å²) >= 11 is 0. The van der Waals surface area contributed by atoms with E-state index in [1.54, 1.807) is 26.1 Å². The van der Waals surface area contributed by atoms with Gasteiger partial charge in [-0.05, 0) is 41.5 Å². The lowest BCUT2D eigenvalue weighted by Gasteiger charge is -2.31. The molecule has 0 fully saturated rings. The van der Waals surface area contributed by atoms with Crippen LogP contribution in [0.1, 0.15) is 41.5 Å². The van der Waals surface area contributed by atoms with Gasteiger partial charge in [0.25, 0.3) is 0 Å². The molecule has 0 spiro atoms. The fourth-order valence-electron chi connectivity index (χ4n) is 2.25. The maximum Gasteiger partial charge on any atom is 0.408 e. The van der Waals surface area contributed by atoms with E-state index in [0.29, 0.717) is 0 Å². The number of rotatable bonds is 10. The van der Waals surface area contributed by atoms with E-state index >= 15 is 0 Å². The Morgan fingerprint density at radius 3 is 1.24 bits per heavy atom. The van der Waals surface area contributed by atoms with Crippen molar-refractivity contribution in [2.75, 3.05) is 33.7 Å². The highest BCUT2D eigenvalue weighted by Crippen LogP contribution is 2.16. The minimum absolute atomic E-state index is 0.846. The van der Waals surface area contributed by atoms with Gasteiger partial charge in [-0.25, -0.2) is 31.9 Å². The van der Waals surface area contributed by atoms with Gasteiger partial charge in [0, 0.05) is 7.05 Å². The Hall–Kier alpha value is -2.88. The highest BCUT2D eigenvalue weighted by molar-refractivity contribution is 5.86. The number of hydrogen-bond acceptors (Lipinski definition) is 8. The van der Waals surface area contributed by atoms with Gasteiger partial charge in [0.05, 0.1) is 0 Å². The highest BCUT2D eigenvalue weighted by atomic mass is 19.1. The molecule has 0 saturated heterocycles. The van der Waals surface area contributed by atoms with Crippen LogP contribution in [0.5, 0.6) is 0 Å². The molecule has 2 atom stereocenters. The largest absolute Gasteiger partial charge is 0.480 e. The van der Waals surface area contributed by atoms with E-state index in [1.807, 2.05) is 5.32 Å². The monoisotopic (exact) mass is 551 g/mol. The van der Waals surface area contributed by atoms with Crippen molar-refractivity contribution in [2.24, 2.45) is 0 Å². The number of alkyl halides is 4. The number of carboxylic acid groups (broad SMARTS) is 1. The average Bonchev–Trinajstić information content (AvgIpc) is 2.77. The molecule has 0 aromatic rings. The molecule has 218 valence electrons. The van der Waals surface area contributed by atoms with Crippen LogP contribution < -0.4 is 16.0 Å². The summed E-state index contributed by atoms with van der Waals surface area (Å²) in [6.45, 7) is 2.95. The minimum Gasteiger partial charge on any atom is -0.480 e. The van der Waals surface area contributed by atoms with Crippen LogP contribution in [0.25, 0.3) is 0 Å². The fraction of sp³-hybridized carbons (Fsp3) is 0.810. The van der Waals surface area contributed by atoms with Crippen molar-refractivity contribution in [2.45, 2.75) is 76.0 Å². The van der Waals surface area contributed by atoms with Crippen LogP contribution >= 0.6 is 0 Å². The zero-order valence-electron chi connectivity index (χ0n) is 21.8. The number of aliphatic carboxylic acids is 1. The van der Waals surface area contributed by atoms with Crippen molar-refractivity contribution in [3.63, 3.8) is 0 Å². The number of carboxylic acids is 1. The number of alkyl carbamates (subject to hydrolysis) is 2. The van der Waals surface area contributed by atoms with Crippen molar-refractivity contribution in [1.29, 1.82) is 0 Å². The number of ether oxygens (including phenoxy) is 2. The first kappa shape index (κ1) is 36.3. The molecule has 0 aromatic heterocycles. The molecule has 0 bridgehead atoms. The molecule has 0 saturated carbocycles. The Bertz CT molecular complexity index is 765. The van der Waals surface area contributed by atoms with Crippen molar-refractivity contribution < 1.29 is 61.5 Å². The van der Waals surface area contributed by atoms with Crippen molar-refractivity contribution >= 4 is 24.1 Å². The van der Waals surface area contributed by atoms with E-state index < -0.39 is 85.2 Å². The number of carbonyl (C=O) groups is 4. The zero-order valence-corrected chi connectivity index (χ0v) is 21.8. The van der Waals surface area contributed by atoms with Gasteiger partial charge in [0.1, 0.15) is 43.9 Å². The Morgan fingerprint density at radius 2 is 1.00 bits per heavy atom. The molecule has 37 heavy (non-hydrogen) atoms. The smallest absolute Gasteiger partial charge is 0.408 e. The van der Waals surface area contributed by atoms with Crippen LogP contribution in [-0.2, 0) is 19.1 Å². The average molecular weight is 552 g/mol. The molecule has 0 aliphatic heterocycles. The number of aliphatic hydroxyl groups is 2. The third-order valence-corrected chi connectivity index (χ3v) is 4.08. The maximum absolute atomic E-state index is 12.7. The molecule has 0 aromatic carbocycles. The first-order valence-corrected chi connectivity index (χ1v) is 10.8. The SMILES string of the molecule is CC(C)(C)OC(=O)N[C@H](C(=O)O)C(O)(CF)CF.CNC(=O)[C@@H](NC(=O)OC(C)(C)C)C(O)(CF)CF. The summed E-state index contributed by atoms with van der Waals surface area (Å²) in [5.74, 6) is -2.69. The molecule has 0 rings (SSSR count). The minimum atomic E-state index is -2.82. The number of amides is 3. The molecule has 0 heterocycles. The number of hydrogen-bond donors (Lipinski definition) is 6. The van der Waals surface area contributed by atoms with Gasteiger partial charge in [0.2, 0.25) is 5.91 Å². The summed E-state index contributed by atoms with van der Waals surface area (Å²) in [7, 11) is 1.21. The second-order valence-corrected chi connectivity index (χ2v) is 9.85. The molecule has 0 unspecified atom stereocenters. The third-order valence-electron chi connectivity index (χ3n) is 4.08. The lowest BCUT2D eigenvalue weighted by Crippen LogP contribution is -2.62. The maximum atomic E-state index is 12.7. The van der Waals surface area contributed by atoms with E-state index in [-0.39, 0.29) is 0 Å². The highest BCUT2D eigenvalue weighted by Gasteiger charge is 2.45. The van der Waals surface area contributed by atoms with Crippen molar-refractivity contribution in [3.05, 3.63) is 0 Å². The topological polar surface area (TPSA) is 184 Å². The van der Waals surface area contributed by atoms with Crippen LogP contribution in [0.4, 0.5) is 27.2 Å². The normalized spacial score (nSPS) is 13.8. The molecular formula is C21H37F4N3O9. The van der Waals surface area contributed by atoms with Crippen LogP contribution in [0.15, 0.2) is 0 Å². The van der Waals surface area contributed by atoms with E-state index in [1.165, 1.54) is 27.8 Å². The predicted molar refractivity (Wildman–Crippen MR) is 122 cm³/mol. The molecule has 3 amide bonds. The van der Waals surface area contributed by atoms with E-state index in [9.17, 15) is 47.0 Å². The number of nitrogens with one attached hydrogen (secondary N) is 3. The molecule has 12 nitrogen and oxygen atoms in total. The van der Waals surface area contributed by atoms with Gasteiger partial charge < -0.3 is 40.7 Å². The van der Waals surface area contributed by atoms with Crippen LogP contribution in [0.2, 0.25) is 0 Å². The molecule has 16 heteroatoms. The van der Waals surface area contributed by atoms with Crippen molar-refractivity contribution in [3.8, 4) is 0 Å². The molecular weight excluding hydrogens is 514 g/mol.